The summed E-state index contributed by atoms with van der Waals surface area (Å²) in [6, 6.07) is 7.96. The highest BCUT2D eigenvalue weighted by Gasteiger charge is 2.37. The van der Waals surface area contributed by atoms with Crippen LogP contribution in [0.15, 0.2) is 24.3 Å². The molecule has 1 aromatic rings. The predicted molar refractivity (Wildman–Crippen MR) is 59.2 cm³/mol. The van der Waals surface area contributed by atoms with E-state index in [9.17, 15) is 4.79 Å². The highest BCUT2D eigenvalue weighted by molar-refractivity contribution is 5.76. The zero-order valence-corrected chi connectivity index (χ0v) is 8.70. The van der Waals surface area contributed by atoms with Gasteiger partial charge in [-0.3, -0.25) is 4.79 Å². The van der Waals surface area contributed by atoms with Crippen molar-refractivity contribution in [1.82, 2.24) is 0 Å². The van der Waals surface area contributed by atoms with Crippen molar-refractivity contribution in [2.45, 2.75) is 31.2 Å². The number of rotatable bonds is 4. The fourth-order valence-corrected chi connectivity index (χ4v) is 1.79. The Kier molecular flexibility index (Phi) is 2.49. The first kappa shape index (κ1) is 10.2. The molecule has 0 atom stereocenters. The molecule has 3 heteroatoms. The summed E-state index contributed by atoms with van der Waals surface area (Å²) in [4.78, 5) is 10.8. The summed E-state index contributed by atoms with van der Waals surface area (Å²) in [6.07, 6.45) is 3.42. The van der Waals surface area contributed by atoms with Crippen molar-refractivity contribution in [2.24, 2.45) is 11.5 Å². The Morgan fingerprint density at radius 1 is 1.33 bits per heavy atom. The van der Waals surface area contributed by atoms with E-state index in [1.807, 2.05) is 18.2 Å². The third kappa shape index (κ3) is 2.80. The molecule has 0 heterocycles. The Morgan fingerprint density at radius 3 is 2.60 bits per heavy atom. The van der Waals surface area contributed by atoms with E-state index < -0.39 is 0 Å². The van der Waals surface area contributed by atoms with Crippen molar-refractivity contribution in [1.29, 1.82) is 0 Å². The van der Waals surface area contributed by atoms with Crippen LogP contribution < -0.4 is 11.5 Å². The van der Waals surface area contributed by atoms with Gasteiger partial charge < -0.3 is 11.5 Å². The first-order chi connectivity index (χ1) is 7.07. The van der Waals surface area contributed by atoms with Crippen LogP contribution in [0, 0.1) is 0 Å². The van der Waals surface area contributed by atoms with Gasteiger partial charge in [-0.25, -0.2) is 0 Å². The Morgan fingerprint density at radius 2 is 2.00 bits per heavy atom. The van der Waals surface area contributed by atoms with Gasteiger partial charge >= 0.3 is 0 Å². The fraction of sp³-hybridized carbons (Fsp3) is 0.417. The van der Waals surface area contributed by atoms with Crippen LogP contribution in [0.5, 0.6) is 0 Å². The molecule has 0 aromatic heterocycles. The highest BCUT2D eigenvalue weighted by atomic mass is 16.1. The lowest BCUT2D eigenvalue weighted by atomic mass is 10.0. The zero-order valence-electron chi connectivity index (χ0n) is 8.70. The topological polar surface area (TPSA) is 69.1 Å². The molecule has 0 unspecified atom stereocenters. The van der Waals surface area contributed by atoms with Gasteiger partial charge in [0.2, 0.25) is 5.91 Å². The van der Waals surface area contributed by atoms with Gasteiger partial charge in [0.1, 0.15) is 0 Å². The average Bonchev–Trinajstić information content (AvgIpc) is 2.82. The van der Waals surface area contributed by atoms with Crippen molar-refractivity contribution in [3.05, 3.63) is 35.4 Å². The van der Waals surface area contributed by atoms with Crippen LogP contribution in [0.4, 0.5) is 0 Å². The van der Waals surface area contributed by atoms with Gasteiger partial charge in [0, 0.05) is 5.54 Å². The minimum Gasteiger partial charge on any atom is -0.369 e. The highest BCUT2D eigenvalue weighted by Crippen LogP contribution is 2.35. The molecule has 0 aliphatic heterocycles. The maximum Gasteiger partial charge on any atom is 0.221 e. The summed E-state index contributed by atoms with van der Waals surface area (Å²) in [5, 5.41) is 0. The van der Waals surface area contributed by atoms with E-state index in [1.54, 1.807) is 0 Å². The van der Waals surface area contributed by atoms with Crippen LogP contribution in [-0.2, 0) is 17.6 Å². The van der Waals surface area contributed by atoms with Gasteiger partial charge in [-0.15, -0.1) is 0 Å². The van der Waals surface area contributed by atoms with E-state index in [-0.39, 0.29) is 11.4 Å². The maximum atomic E-state index is 10.8. The first-order valence-electron chi connectivity index (χ1n) is 5.22. The minimum atomic E-state index is -0.291. The van der Waals surface area contributed by atoms with Gasteiger partial charge in [0.05, 0.1) is 6.42 Å². The molecular formula is C12H16N2O. The summed E-state index contributed by atoms with van der Waals surface area (Å²) in [5.41, 5.74) is 13.4. The molecule has 0 spiro atoms. The third-order valence-corrected chi connectivity index (χ3v) is 2.82. The predicted octanol–water partition coefficient (Wildman–Crippen LogP) is 0.748. The van der Waals surface area contributed by atoms with Crippen molar-refractivity contribution < 1.29 is 4.79 Å². The number of benzene rings is 1. The Hall–Kier alpha value is -1.35. The van der Waals surface area contributed by atoms with E-state index in [0.29, 0.717) is 6.42 Å². The third-order valence-electron chi connectivity index (χ3n) is 2.82. The number of nitrogens with two attached hydrogens (primary N) is 2. The Balaban J connectivity index is 2.08. The second-order valence-electron chi connectivity index (χ2n) is 4.50. The molecule has 4 N–H and O–H groups in total. The standard InChI is InChI=1S/C12H16N2O/c13-11(15)7-9-2-1-3-10(6-9)8-12(14)4-5-12/h1-3,6H,4-5,7-8,14H2,(H2,13,15). The smallest absolute Gasteiger partial charge is 0.221 e. The molecule has 0 radical (unpaired) electrons. The number of amides is 1. The van der Waals surface area contributed by atoms with Crippen LogP contribution in [0.2, 0.25) is 0 Å². The molecule has 1 aliphatic rings. The minimum absolute atomic E-state index is 0.0192. The molecule has 3 nitrogen and oxygen atoms in total. The Labute approximate surface area is 89.5 Å². The number of hydrogen-bond acceptors (Lipinski definition) is 2. The summed E-state index contributed by atoms with van der Waals surface area (Å²) >= 11 is 0. The number of carbonyl (C=O) groups excluding carboxylic acids is 1. The van der Waals surface area contributed by atoms with Crippen LogP contribution in [-0.4, -0.2) is 11.4 Å². The maximum absolute atomic E-state index is 10.8. The molecular weight excluding hydrogens is 188 g/mol. The molecule has 0 saturated heterocycles. The fourth-order valence-electron chi connectivity index (χ4n) is 1.79. The molecule has 1 saturated carbocycles. The van der Waals surface area contributed by atoms with Crippen molar-refractivity contribution in [2.75, 3.05) is 0 Å². The summed E-state index contributed by atoms with van der Waals surface area (Å²) in [6.45, 7) is 0. The first-order valence-corrected chi connectivity index (χ1v) is 5.22. The van der Waals surface area contributed by atoms with Crippen LogP contribution in [0.1, 0.15) is 24.0 Å². The van der Waals surface area contributed by atoms with Crippen LogP contribution >= 0.6 is 0 Å². The summed E-state index contributed by atoms with van der Waals surface area (Å²) in [7, 11) is 0. The van der Waals surface area contributed by atoms with Gasteiger partial charge in [0.25, 0.3) is 0 Å². The SMILES string of the molecule is NC(=O)Cc1cccc(CC2(N)CC2)c1. The van der Waals surface area contributed by atoms with Crippen LogP contribution in [0.25, 0.3) is 0 Å². The lowest BCUT2D eigenvalue weighted by molar-refractivity contribution is -0.117. The van der Waals surface area contributed by atoms with Crippen LogP contribution in [0.3, 0.4) is 0 Å². The van der Waals surface area contributed by atoms with E-state index in [4.69, 9.17) is 11.5 Å². The van der Waals surface area contributed by atoms with E-state index in [1.165, 1.54) is 5.56 Å². The van der Waals surface area contributed by atoms with Crippen molar-refractivity contribution in [3.63, 3.8) is 0 Å². The molecule has 80 valence electrons. The van der Waals surface area contributed by atoms with Gasteiger partial charge in [-0.1, -0.05) is 24.3 Å². The summed E-state index contributed by atoms with van der Waals surface area (Å²) < 4.78 is 0. The molecule has 2 rings (SSSR count). The molecule has 1 fully saturated rings. The second-order valence-corrected chi connectivity index (χ2v) is 4.50. The molecule has 1 aliphatic carbocycles. The molecule has 1 aromatic carbocycles. The number of primary amides is 1. The van der Waals surface area contributed by atoms with Crippen molar-refractivity contribution >= 4 is 5.91 Å². The summed E-state index contributed by atoms with van der Waals surface area (Å²) in [5.74, 6) is -0.291. The zero-order chi connectivity index (χ0) is 10.9. The molecule has 15 heavy (non-hydrogen) atoms. The largest absolute Gasteiger partial charge is 0.369 e. The van der Waals surface area contributed by atoms with E-state index in [2.05, 4.69) is 6.07 Å². The van der Waals surface area contributed by atoms with Gasteiger partial charge in [-0.05, 0) is 30.4 Å². The molecule has 1 amide bonds. The van der Waals surface area contributed by atoms with Gasteiger partial charge in [0.15, 0.2) is 0 Å². The Bertz CT molecular complexity index is 383. The quantitative estimate of drug-likeness (QED) is 0.759. The van der Waals surface area contributed by atoms with Gasteiger partial charge in [-0.2, -0.15) is 0 Å². The van der Waals surface area contributed by atoms with E-state index >= 15 is 0 Å². The normalized spacial score (nSPS) is 17.4. The molecule has 0 bridgehead atoms. The number of hydrogen-bond donors (Lipinski definition) is 2. The average molecular weight is 204 g/mol. The van der Waals surface area contributed by atoms with E-state index in [0.717, 1.165) is 24.8 Å². The lowest BCUT2D eigenvalue weighted by Crippen LogP contribution is -2.24. The number of carbonyl (C=O) groups is 1. The van der Waals surface area contributed by atoms with Crippen molar-refractivity contribution in [3.8, 4) is 0 Å². The lowest BCUT2D eigenvalue weighted by Gasteiger charge is -2.09. The monoisotopic (exact) mass is 204 g/mol. The second kappa shape index (κ2) is 3.66.